The van der Waals surface area contributed by atoms with Gasteiger partial charge in [0, 0.05) is 23.7 Å². The molecule has 0 amide bonds. The molecule has 0 unspecified atom stereocenters. The molecule has 0 saturated heterocycles. The Labute approximate surface area is 214 Å². The normalized spacial score (nSPS) is 12.3. The number of carbonyl (C=O) groups excluding carboxylic acids is 1. The quantitative estimate of drug-likeness (QED) is 0.150. The van der Waals surface area contributed by atoms with Gasteiger partial charge in [-0.05, 0) is 23.3 Å². The van der Waals surface area contributed by atoms with Gasteiger partial charge in [-0.1, -0.05) is 103 Å². The number of ketones is 1. The van der Waals surface area contributed by atoms with Crippen molar-refractivity contribution in [2.45, 2.75) is 19.3 Å². The third-order valence-corrected chi connectivity index (χ3v) is 5.64. The van der Waals surface area contributed by atoms with Crippen LogP contribution in [0.2, 0.25) is 0 Å². The summed E-state index contributed by atoms with van der Waals surface area (Å²) in [5, 5.41) is 3.26. The zero-order valence-electron chi connectivity index (χ0n) is 20.0. The molecule has 0 spiro atoms. The molecule has 3 nitrogen and oxygen atoms in total. The largest absolute Gasteiger partial charge is 0.416 e. The van der Waals surface area contributed by atoms with E-state index in [2.05, 4.69) is 5.32 Å². The van der Waals surface area contributed by atoms with Gasteiger partial charge >= 0.3 is 6.18 Å². The third kappa shape index (κ3) is 7.27. The summed E-state index contributed by atoms with van der Waals surface area (Å²) in [4.78, 5) is 17.9. The molecule has 0 heterocycles. The van der Waals surface area contributed by atoms with Crippen molar-refractivity contribution in [3.05, 3.63) is 155 Å². The average Bonchev–Trinajstić information content (AvgIpc) is 2.93. The van der Waals surface area contributed by atoms with E-state index in [1.54, 1.807) is 30.3 Å². The number of alkyl halides is 3. The van der Waals surface area contributed by atoms with Crippen molar-refractivity contribution in [1.29, 1.82) is 0 Å². The van der Waals surface area contributed by atoms with Crippen LogP contribution >= 0.6 is 0 Å². The molecule has 0 aromatic heterocycles. The van der Waals surface area contributed by atoms with Crippen LogP contribution in [0.15, 0.2) is 132 Å². The number of aliphatic imine (C=N–C) groups is 1. The highest BCUT2D eigenvalue weighted by Gasteiger charge is 2.31. The Morgan fingerprint density at radius 2 is 1.30 bits per heavy atom. The summed E-state index contributed by atoms with van der Waals surface area (Å²) in [5.41, 5.74) is 2.40. The fourth-order valence-electron chi connectivity index (χ4n) is 3.74. The minimum atomic E-state index is -4.51. The summed E-state index contributed by atoms with van der Waals surface area (Å²) in [7, 11) is 0. The first-order valence-electron chi connectivity index (χ1n) is 11.8. The first kappa shape index (κ1) is 25.6. The van der Waals surface area contributed by atoms with Crippen LogP contribution in [-0.4, -0.2) is 11.5 Å². The van der Waals surface area contributed by atoms with Gasteiger partial charge in [0.05, 0.1) is 23.5 Å². The zero-order chi connectivity index (χ0) is 26.1. The number of hydrogen-bond donors (Lipinski definition) is 1. The zero-order valence-corrected chi connectivity index (χ0v) is 20.0. The Bertz CT molecular complexity index is 1380. The number of allylic oxidation sites excluding steroid dienone is 2. The van der Waals surface area contributed by atoms with Gasteiger partial charge in [-0.2, -0.15) is 13.2 Å². The number of rotatable bonds is 9. The Morgan fingerprint density at radius 1 is 0.730 bits per heavy atom. The molecule has 0 aliphatic rings. The van der Waals surface area contributed by atoms with Gasteiger partial charge in [0.15, 0.2) is 5.78 Å². The highest BCUT2D eigenvalue weighted by molar-refractivity contribution is 6.17. The van der Waals surface area contributed by atoms with Crippen molar-refractivity contribution in [2.24, 2.45) is 4.99 Å². The lowest BCUT2D eigenvalue weighted by atomic mass is 10.0. The number of nitrogens with zero attached hydrogens (tertiary/aromatic N) is 1. The van der Waals surface area contributed by atoms with Crippen LogP contribution in [0.1, 0.15) is 32.6 Å². The summed E-state index contributed by atoms with van der Waals surface area (Å²) in [6.07, 6.45) is -3.11. The Balaban J connectivity index is 1.80. The lowest BCUT2D eigenvalue weighted by Crippen LogP contribution is -2.23. The van der Waals surface area contributed by atoms with Crippen LogP contribution < -0.4 is 5.32 Å². The fraction of sp³-hybridized carbons (Fsp3) is 0.0968. The molecule has 0 aliphatic carbocycles. The molecular weight excluding hydrogens is 473 g/mol. The van der Waals surface area contributed by atoms with Crippen molar-refractivity contribution in [1.82, 2.24) is 5.32 Å². The van der Waals surface area contributed by atoms with Crippen LogP contribution in [0.4, 0.5) is 13.2 Å². The van der Waals surface area contributed by atoms with Gasteiger partial charge in [0.1, 0.15) is 0 Å². The molecule has 4 rings (SSSR count). The maximum atomic E-state index is 13.6. The molecule has 1 N–H and O–H groups in total. The Morgan fingerprint density at radius 3 is 1.92 bits per heavy atom. The van der Waals surface area contributed by atoms with E-state index in [-0.39, 0.29) is 23.6 Å². The second-order valence-corrected chi connectivity index (χ2v) is 8.36. The van der Waals surface area contributed by atoms with Crippen LogP contribution in [0.5, 0.6) is 0 Å². The van der Waals surface area contributed by atoms with Crippen LogP contribution in [0, 0.1) is 0 Å². The van der Waals surface area contributed by atoms with Gasteiger partial charge in [-0.25, -0.2) is 0 Å². The molecule has 0 atom stereocenters. The average molecular weight is 499 g/mol. The molecule has 4 aromatic carbocycles. The summed E-state index contributed by atoms with van der Waals surface area (Å²) >= 11 is 0. The van der Waals surface area contributed by atoms with E-state index in [4.69, 9.17) is 4.99 Å². The van der Waals surface area contributed by atoms with E-state index in [0.717, 1.165) is 23.3 Å². The fourth-order valence-corrected chi connectivity index (χ4v) is 3.74. The number of benzene rings is 4. The van der Waals surface area contributed by atoms with Gasteiger partial charge < -0.3 is 5.32 Å². The lowest BCUT2D eigenvalue weighted by molar-refractivity contribution is -0.137. The van der Waals surface area contributed by atoms with Crippen LogP contribution in [0.3, 0.4) is 0 Å². The van der Waals surface area contributed by atoms with Crippen molar-refractivity contribution < 1.29 is 18.0 Å². The molecule has 0 saturated carbocycles. The van der Waals surface area contributed by atoms with Gasteiger partial charge in [0.2, 0.25) is 0 Å². The molecule has 0 bridgehead atoms. The summed E-state index contributed by atoms with van der Waals surface area (Å²) in [6.45, 7) is 0.592. The highest BCUT2D eigenvalue weighted by atomic mass is 19.4. The van der Waals surface area contributed by atoms with E-state index in [0.29, 0.717) is 17.8 Å². The molecule has 0 radical (unpaired) electrons. The topological polar surface area (TPSA) is 41.5 Å². The standard InChI is InChI=1S/C31H25F3N2O/c32-31(33,34)27-18-10-17-26(19-27)30(36-22-24-13-6-2-7-14-24)28(35-21-23-11-4-1-5-12-23)20-29(37)25-15-8-3-9-16-25/h1-20,35H,21-22H2/b28-20-,36-30?. The van der Waals surface area contributed by atoms with Crippen molar-refractivity contribution >= 4 is 11.5 Å². The molecule has 4 aromatic rings. The van der Waals surface area contributed by atoms with Crippen molar-refractivity contribution in [3.8, 4) is 0 Å². The number of nitrogens with one attached hydrogen (secondary N) is 1. The maximum absolute atomic E-state index is 13.6. The minimum absolute atomic E-state index is 0.232. The maximum Gasteiger partial charge on any atom is 0.416 e. The van der Waals surface area contributed by atoms with Gasteiger partial charge in [-0.3, -0.25) is 9.79 Å². The first-order valence-corrected chi connectivity index (χ1v) is 11.8. The molecular formula is C31H25F3N2O. The van der Waals surface area contributed by atoms with Crippen molar-refractivity contribution in [3.63, 3.8) is 0 Å². The Kier molecular flexibility index (Phi) is 8.31. The van der Waals surface area contributed by atoms with E-state index in [1.165, 1.54) is 12.1 Å². The van der Waals surface area contributed by atoms with Gasteiger partial charge in [0.25, 0.3) is 0 Å². The van der Waals surface area contributed by atoms with Crippen LogP contribution in [0.25, 0.3) is 0 Å². The lowest BCUT2D eigenvalue weighted by Gasteiger charge is -2.16. The predicted octanol–water partition coefficient (Wildman–Crippen LogP) is 7.25. The predicted molar refractivity (Wildman–Crippen MR) is 140 cm³/mol. The third-order valence-electron chi connectivity index (χ3n) is 5.64. The summed E-state index contributed by atoms with van der Waals surface area (Å²) in [5.74, 6) is -0.282. The Hall–Kier alpha value is -4.45. The molecule has 6 heteroatoms. The van der Waals surface area contributed by atoms with Crippen molar-refractivity contribution in [2.75, 3.05) is 0 Å². The molecule has 37 heavy (non-hydrogen) atoms. The van der Waals surface area contributed by atoms with Crippen LogP contribution in [-0.2, 0) is 19.3 Å². The summed E-state index contributed by atoms with van der Waals surface area (Å²) < 4.78 is 40.7. The highest BCUT2D eigenvalue weighted by Crippen LogP contribution is 2.30. The molecule has 186 valence electrons. The first-order chi connectivity index (χ1) is 17.9. The minimum Gasteiger partial charge on any atom is -0.379 e. The second kappa shape index (κ2) is 12.0. The smallest absolute Gasteiger partial charge is 0.379 e. The molecule has 0 fully saturated rings. The number of hydrogen-bond acceptors (Lipinski definition) is 3. The SMILES string of the molecule is O=C(/C=C(\NCc1ccccc1)C(=NCc1ccccc1)c1cccc(C(F)(F)F)c1)c1ccccc1. The van der Waals surface area contributed by atoms with E-state index >= 15 is 0 Å². The van der Waals surface area contributed by atoms with E-state index in [9.17, 15) is 18.0 Å². The second-order valence-electron chi connectivity index (χ2n) is 8.36. The van der Waals surface area contributed by atoms with E-state index < -0.39 is 11.7 Å². The monoisotopic (exact) mass is 498 g/mol. The van der Waals surface area contributed by atoms with E-state index in [1.807, 2.05) is 66.7 Å². The summed E-state index contributed by atoms with van der Waals surface area (Å²) in [6, 6.07) is 32.7. The number of halogens is 3. The molecule has 0 aliphatic heterocycles. The number of carbonyl (C=O) groups is 1. The van der Waals surface area contributed by atoms with Gasteiger partial charge in [-0.15, -0.1) is 0 Å².